The first kappa shape index (κ1) is 18.4. The van der Waals surface area contributed by atoms with E-state index in [2.05, 4.69) is 9.88 Å². The van der Waals surface area contributed by atoms with Crippen LogP contribution in [-0.4, -0.2) is 70.5 Å². The van der Waals surface area contributed by atoms with Gasteiger partial charge in [0, 0.05) is 38.9 Å². The summed E-state index contributed by atoms with van der Waals surface area (Å²) >= 11 is 0. The maximum atomic E-state index is 12.4. The Morgan fingerprint density at radius 2 is 1.88 bits per heavy atom. The van der Waals surface area contributed by atoms with Crippen molar-refractivity contribution < 1.29 is 14.7 Å². The van der Waals surface area contributed by atoms with Crippen LogP contribution >= 0.6 is 0 Å². The van der Waals surface area contributed by atoms with Crippen LogP contribution in [0.1, 0.15) is 41.6 Å². The summed E-state index contributed by atoms with van der Waals surface area (Å²) in [4.78, 5) is 31.4. The molecule has 2 amide bonds. The quantitative estimate of drug-likeness (QED) is 0.827. The summed E-state index contributed by atoms with van der Waals surface area (Å²) in [5.41, 5.74) is 5.61. The molecule has 0 unspecified atom stereocenters. The van der Waals surface area contributed by atoms with Crippen LogP contribution in [-0.2, 0) is 0 Å². The van der Waals surface area contributed by atoms with Gasteiger partial charge in [0.2, 0.25) is 5.91 Å². The minimum absolute atomic E-state index is 0.151. The molecule has 0 bridgehead atoms. The lowest BCUT2D eigenvalue weighted by Gasteiger charge is -2.37. The number of carbonyl (C=O) groups is 2. The van der Waals surface area contributed by atoms with Gasteiger partial charge in [0.1, 0.15) is 5.69 Å². The Kier molecular flexibility index (Phi) is 5.56. The second-order valence-corrected chi connectivity index (χ2v) is 7.27. The van der Waals surface area contributed by atoms with Crippen molar-refractivity contribution in [2.45, 2.75) is 26.9 Å². The van der Waals surface area contributed by atoms with Crippen molar-refractivity contribution in [1.82, 2.24) is 14.8 Å². The third kappa shape index (κ3) is 4.52. The van der Waals surface area contributed by atoms with Gasteiger partial charge in [-0.15, -0.1) is 0 Å². The number of pyridine rings is 1. The fraction of sp³-hybridized carbons (Fsp3) is 0.588. The Morgan fingerprint density at radius 1 is 1.25 bits per heavy atom. The minimum atomic E-state index is -0.562. The zero-order valence-corrected chi connectivity index (χ0v) is 14.5. The van der Waals surface area contributed by atoms with Crippen LogP contribution in [0.4, 0.5) is 0 Å². The Balaban J connectivity index is 1.89. The molecular weight excluding hydrogens is 308 g/mol. The zero-order valence-electron chi connectivity index (χ0n) is 14.5. The first-order valence-corrected chi connectivity index (χ1v) is 8.14. The number of β-amino-alcohol motifs (C(OH)–C–C–N with tert-alkyl or cyclic N) is 1. The fourth-order valence-electron chi connectivity index (χ4n) is 2.48. The van der Waals surface area contributed by atoms with Gasteiger partial charge in [-0.25, -0.2) is 0 Å². The molecule has 132 valence electrons. The molecule has 0 saturated carbocycles. The summed E-state index contributed by atoms with van der Waals surface area (Å²) in [7, 11) is 0. The lowest BCUT2D eigenvalue weighted by Crippen LogP contribution is -2.51. The second-order valence-electron chi connectivity index (χ2n) is 7.27. The summed E-state index contributed by atoms with van der Waals surface area (Å²) in [6.07, 6.45) is 0.925. The van der Waals surface area contributed by atoms with E-state index in [1.165, 1.54) is 18.3 Å². The molecule has 7 heteroatoms. The molecule has 1 aliphatic rings. The smallest absolute Gasteiger partial charge is 0.272 e. The second kappa shape index (κ2) is 7.27. The fourth-order valence-corrected chi connectivity index (χ4v) is 2.48. The Hall–Kier alpha value is -1.99. The van der Waals surface area contributed by atoms with E-state index in [9.17, 15) is 14.7 Å². The molecule has 1 aromatic rings. The van der Waals surface area contributed by atoms with Crippen molar-refractivity contribution >= 4 is 11.8 Å². The van der Waals surface area contributed by atoms with Crippen molar-refractivity contribution in [2.24, 2.45) is 11.1 Å². The van der Waals surface area contributed by atoms with E-state index in [4.69, 9.17) is 5.73 Å². The number of hydrogen-bond donors (Lipinski definition) is 2. The molecule has 0 aromatic carbocycles. The molecule has 1 aliphatic heterocycles. The van der Waals surface area contributed by atoms with Gasteiger partial charge in [-0.2, -0.15) is 0 Å². The summed E-state index contributed by atoms with van der Waals surface area (Å²) in [5, 5.41) is 10.2. The first-order chi connectivity index (χ1) is 11.2. The standard InChI is InChI=1S/C17H26N4O3/c1-17(2,3)14(22)11-20-6-8-21(9-7-20)16(24)13-5-4-12(10-19-13)15(18)23/h4-5,10,14,22H,6-9,11H2,1-3H3,(H2,18,23)/t14-/m0/s1. The van der Waals surface area contributed by atoms with Crippen molar-refractivity contribution in [3.63, 3.8) is 0 Å². The molecule has 24 heavy (non-hydrogen) atoms. The highest BCUT2D eigenvalue weighted by Gasteiger charge is 2.28. The number of amides is 2. The number of aromatic nitrogens is 1. The average molecular weight is 334 g/mol. The number of nitrogens with zero attached hydrogens (tertiary/aromatic N) is 3. The largest absolute Gasteiger partial charge is 0.391 e. The molecule has 2 heterocycles. The van der Waals surface area contributed by atoms with Crippen LogP contribution < -0.4 is 5.73 Å². The SMILES string of the molecule is CC(C)(C)[C@@H](O)CN1CCN(C(=O)c2ccc(C(N)=O)cn2)CC1. The molecule has 1 saturated heterocycles. The molecule has 0 aliphatic carbocycles. The Bertz CT molecular complexity index is 587. The van der Waals surface area contributed by atoms with Crippen molar-refractivity contribution in [1.29, 1.82) is 0 Å². The van der Waals surface area contributed by atoms with Gasteiger partial charge in [0.25, 0.3) is 5.91 Å². The van der Waals surface area contributed by atoms with E-state index in [0.717, 1.165) is 13.1 Å². The lowest BCUT2D eigenvalue weighted by atomic mass is 9.89. The number of hydrogen-bond acceptors (Lipinski definition) is 5. The van der Waals surface area contributed by atoms with Gasteiger partial charge in [-0.05, 0) is 17.5 Å². The van der Waals surface area contributed by atoms with Crippen LogP contribution in [0.5, 0.6) is 0 Å². The predicted molar refractivity (Wildman–Crippen MR) is 90.6 cm³/mol. The van der Waals surface area contributed by atoms with Gasteiger partial charge in [0.15, 0.2) is 0 Å². The van der Waals surface area contributed by atoms with Crippen molar-refractivity contribution in [2.75, 3.05) is 32.7 Å². The van der Waals surface area contributed by atoms with E-state index >= 15 is 0 Å². The monoisotopic (exact) mass is 334 g/mol. The number of aliphatic hydroxyl groups is 1. The predicted octanol–water partition coefficient (Wildman–Crippen LogP) is 0.345. The topological polar surface area (TPSA) is 99.8 Å². The maximum Gasteiger partial charge on any atom is 0.272 e. The van der Waals surface area contributed by atoms with Crippen molar-refractivity contribution in [3.8, 4) is 0 Å². The van der Waals surface area contributed by atoms with E-state index in [1.807, 2.05) is 20.8 Å². The maximum absolute atomic E-state index is 12.4. The molecule has 0 radical (unpaired) electrons. The Labute approximate surface area is 142 Å². The third-order valence-corrected chi connectivity index (χ3v) is 4.36. The van der Waals surface area contributed by atoms with Crippen LogP contribution in [0.15, 0.2) is 18.3 Å². The number of rotatable bonds is 4. The third-order valence-electron chi connectivity index (χ3n) is 4.36. The number of aliphatic hydroxyl groups excluding tert-OH is 1. The number of nitrogens with two attached hydrogens (primary N) is 1. The number of piperazine rings is 1. The molecule has 1 atom stereocenters. The van der Waals surface area contributed by atoms with Gasteiger partial charge in [-0.3, -0.25) is 19.5 Å². The molecule has 7 nitrogen and oxygen atoms in total. The molecule has 2 rings (SSSR count). The normalized spacial score (nSPS) is 17.6. The van der Waals surface area contributed by atoms with E-state index in [1.54, 1.807) is 4.90 Å². The van der Waals surface area contributed by atoms with Crippen LogP contribution in [0.2, 0.25) is 0 Å². The number of carbonyl (C=O) groups excluding carboxylic acids is 2. The summed E-state index contributed by atoms with van der Waals surface area (Å²) in [6, 6.07) is 3.04. The minimum Gasteiger partial charge on any atom is -0.391 e. The Morgan fingerprint density at radius 3 is 2.33 bits per heavy atom. The molecule has 1 aromatic heterocycles. The zero-order chi connectivity index (χ0) is 17.9. The highest BCUT2D eigenvalue weighted by atomic mass is 16.3. The van der Waals surface area contributed by atoms with Gasteiger partial charge < -0.3 is 15.7 Å². The molecule has 1 fully saturated rings. The van der Waals surface area contributed by atoms with E-state index < -0.39 is 12.0 Å². The number of primary amides is 1. The molecule has 0 spiro atoms. The van der Waals surface area contributed by atoms with Gasteiger partial charge in [0.05, 0.1) is 11.7 Å². The summed E-state index contributed by atoms with van der Waals surface area (Å²) in [6.45, 7) is 9.27. The van der Waals surface area contributed by atoms with E-state index in [-0.39, 0.29) is 16.9 Å². The van der Waals surface area contributed by atoms with Crippen LogP contribution in [0.25, 0.3) is 0 Å². The highest BCUT2D eigenvalue weighted by molar-refractivity contribution is 5.95. The summed E-state index contributed by atoms with van der Waals surface area (Å²) < 4.78 is 0. The van der Waals surface area contributed by atoms with Crippen LogP contribution in [0, 0.1) is 5.41 Å². The highest BCUT2D eigenvalue weighted by Crippen LogP contribution is 2.20. The average Bonchev–Trinajstić information content (AvgIpc) is 2.54. The van der Waals surface area contributed by atoms with Gasteiger partial charge in [-0.1, -0.05) is 20.8 Å². The molecular formula is C17H26N4O3. The van der Waals surface area contributed by atoms with Crippen LogP contribution in [0.3, 0.4) is 0 Å². The van der Waals surface area contributed by atoms with E-state index in [0.29, 0.717) is 25.3 Å². The molecule has 3 N–H and O–H groups in total. The van der Waals surface area contributed by atoms with Crippen molar-refractivity contribution in [3.05, 3.63) is 29.6 Å². The summed E-state index contributed by atoms with van der Waals surface area (Å²) in [5.74, 6) is -0.713. The first-order valence-electron chi connectivity index (χ1n) is 8.14. The lowest BCUT2D eigenvalue weighted by molar-refractivity contribution is 0.0136. The van der Waals surface area contributed by atoms with Gasteiger partial charge >= 0.3 is 0 Å².